The molecule has 126 valence electrons. The molecule has 0 radical (unpaired) electrons. The normalized spacial score (nSPS) is 11.1. The van der Waals surface area contributed by atoms with Crippen molar-refractivity contribution in [2.75, 3.05) is 19.8 Å². The maximum atomic E-state index is 12.2. The lowest BCUT2D eigenvalue weighted by Gasteiger charge is -2.08. The van der Waals surface area contributed by atoms with Crippen LogP contribution in [-0.2, 0) is 30.2 Å². The molecule has 2 heterocycles. The summed E-state index contributed by atoms with van der Waals surface area (Å²) in [4.78, 5) is 40.1. The number of amides is 1. The van der Waals surface area contributed by atoms with Crippen LogP contribution >= 0.6 is 0 Å². The summed E-state index contributed by atoms with van der Waals surface area (Å²) in [5.74, 6) is -0.225. The van der Waals surface area contributed by atoms with Crippen LogP contribution in [0.15, 0.2) is 15.9 Å². The highest BCUT2D eigenvalue weighted by atomic mass is 16.5. The average molecular weight is 323 g/mol. The number of nitrogens with zero attached hydrogens (tertiary/aromatic N) is 4. The lowest BCUT2D eigenvalue weighted by molar-refractivity contribution is -0.121. The molecule has 9 nitrogen and oxygen atoms in total. The van der Waals surface area contributed by atoms with Crippen molar-refractivity contribution < 1.29 is 9.53 Å². The van der Waals surface area contributed by atoms with E-state index in [9.17, 15) is 14.4 Å². The highest BCUT2D eigenvalue weighted by Crippen LogP contribution is 2.04. The van der Waals surface area contributed by atoms with Gasteiger partial charge < -0.3 is 14.6 Å². The summed E-state index contributed by atoms with van der Waals surface area (Å²) in [6.07, 6.45) is 2.12. The van der Waals surface area contributed by atoms with Gasteiger partial charge in [-0.3, -0.25) is 18.7 Å². The molecule has 1 amide bonds. The predicted molar refractivity (Wildman–Crippen MR) is 84.3 cm³/mol. The van der Waals surface area contributed by atoms with Gasteiger partial charge in [-0.05, 0) is 13.3 Å². The Hall–Kier alpha value is -2.42. The van der Waals surface area contributed by atoms with Crippen LogP contribution in [0.1, 0.15) is 13.3 Å². The van der Waals surface area contributed by atoms with E-state index in [2.05, 4.69) is 10.3 Å². The molecule has 0 saturated carbocycles. The molecule has 0 atom stereocenters. The quantitative estimate of drug-likeness (QED) is 0.657. The van der Waals surface area contributed by atoms with E-state index in [0.29, 0.717) is 19.8 Å². The Morgan fingerprint density at radius 1 is 1.30 bits per heavy atom. The molecule has 0 aliphatic rings. The van der Waals surface area contributed by atoms with Crippen molar-refractivity contribution in [1.29, 1.82) is 0 Å². The summed E-state index contributed by atoms with van der Waals surface area (Å²) >= 11 is 0. The summed E-state index contributed by atoms with van der Waals surface area (Å²) < 4.78 is 8.93. The van der Waals surface area contributed by atoms with Crippen molar-refractivity contribution in [3.63, 3.8) is 0 Å². The number of fused-ring (bicyclic) bond motifs is 1. The van der Waals surface area contributed by atoms with Crippen LogP contribution in [0, 0.1) is 0 Å². The number of imidazole rings is 1. The van der Waals surface area contributed by atoms with Gasteiger partial charge in [-0.15, -0.1) is 0 Å². The smallest absolute Gasteiger partial charge is 0.332 e. The van der Waals surface area contributed by atoms with E-state index in [4.69, 9.17) is 4.74 Å². The van der Waals surface area contributed by atoms with E-state index in [1.54, 1.807) is 0 Å². The molecule has 2 rings (SSSR count). The molecule has 2 aromatic heterocycles. The van der Waals surface area contributed by atoms with Crippen molar-refractivity contribution in [3.8, 4) is 0 Å². The third-order valence-corrected chi connectivity index (χ3v) is 3.52. The van der Waals surface area contributed by atoms with E-state index < -0.39 is 11.2 Å². The van der Waals surface area contributed by atoms with Gasteiger partial charge >= 0.3 is 5.69 Å². The number of nitrogens with one attached hydrogen (secondary N) is 1. The van der Waals surface area contributed by atoms with Gasteiger partial charge in [0.1, 0.15) is 6.54 Å². The van der Waals surface area contributed by atoms with E-state index in [0.717, 1.165) is 11.0 Å². The third-order valence-electron chi connectivity index (χ3n) is 3.52. The molecule has 1 N–H and O–H groups in total. The highest BCUT2D eigenvalue weighted by Gasteiger charge is 2.15. The zero-order chi connectivity index (χ0) is 17.0. The number of hydrogen-bond acceptors (Lipinski definition) is 5. The molecule has 0 aromatic carbocycles. The number of hydrogen-bond donors (Lipinski definition) is 1. The number of carbonyl (C=O) groups excluding carboxylic acids is 1. The first-order valence-electron chi connectivity index (χ1n) is 7.42. The van der Waals surface area contributed by atoms with Crippen LogP contribution in [-0.4, -0.2) is 44.4 Å². The summed E-state index contributed by atoms with van der Waals surface area (Å²) in [6, 6.07) is 0. The number of aromatic nitrogens is 4. The number of aryl methyl sites for hydroxylation is 1. The molecule has 0 fully saturated rings. The molecule has 23 heavy (non-hydrogen) atoms. The molecule has 0 spiro atoms. The van der Waals surface area contributed by atoms with Crippen molar-refractivity contribution in [2.45, 2.75) is 19.9 Å². The molecular formula is C14H21N5O4. The van der Waals surface area contributed by atoms with E-state index in [1.807, 2.05) is 6.92 Å². The highest BCUT2D eigenvalue weighted by molar-refractivity contribution is 5.78. The summed E-state index contributed by atoms with van der Waals surface area (Å²) in [7, 11) is 2.94. The average Bonchev–Trinajstić information content (AvgIpc) is 2.94. The van der Waals surface area contributed by atoms with Crippen molar-refractivity contribution in [2.24, 2.45) is 14.1 Å². The summed E-state index contributed by atoms with van der Waals surface area (Å²) in [5, 5.41) is 2.76. The molecule has 0 saturated heterocycles. The van der Waals surface area contributed by atoms with E-state index >= 15 is 0 Å². The van der Waals surface area contributed by atoms with Gasteiger partial charge in [-0.25, -0.2) is 9.78 Å². The van der Waals surface area contributed by atoms with Gasteiger partial charge in [0.25, 0.3) is 5.56 Å². The Bertz CT molecular complexity index is 817. The maximum absolute atomic E-state index is 12.2. The van der Waals surface area contributed by atoms with Gasteiger partial charge in [0.15, 0.2) is 11.2 Å². The minimum absolute atomic E-state index is 0.0292. The van der Waals surface area contributed by atoms with Crippen LogP contribution in [0.5, 0.6) is 0 Å². The van der Waals surface area contributed by atoms with Crippen molar-refractivity contribution in [3.05, 3.63) is 27.2 Å². The van der Waals surface area contributed by atoms with Crippen molar-refractivity contribution >= 4 is 17.1 Å². The zero-order valence-corrected chi connectivity index (χ0v) is 13.5. The topological polar surface area (TPSA) is 100 Å². The number of rotatable bonds is 7. The molecule has 2 aromatic rings. The fourth-order valence-electron chi connectivity index (χ4n) is 2.27. The Kier molecular flexibility index (Phi) is 5.32. The zero-order valence-electron chi connectivity index (χ0n) is 13.5. The second-order valence-corrected chi connectivity index (χ2v) is 5.15. The SMILES string of the molecule is CCOCCCNC(=O)Cn1cnc2c1c(=O)n(C)c(=O)n2C. The van der Waals surface area contributed by atoms with Crippen LogP contribution < -0.4 is 16.6 Å². The van der Waals surface area contributed by atoms with Gasteiger partial charge in [-0.1, -0.05) is 0 Å². The Labute approximate surface area is 132 Å². The molecule has 9 heteroatoms. The van der Waals surface area contributed by atoms with Gasteiger partial charge in [0, 0.05) is 33.9 Å². The Balaban J connectivity index is 2.14. The standard InChI is InChI=1S/C14H21N5O4/c1-4-23-7-5-6-15-10(20)8-19-9-16-12-11(19)13(21)18(3)14(22)17(12)2/h9H,4-8H2,1-3H3,(H,15,20). The van der Waals surface area contributed by atoms with Gasteiger partial charge in [0.2, 0.25) is 5.91 Å². The Morgan fingerprint density at radius 2 is 2.04 bits per heavy atom. The van der Waals surface area contributed by atoms with Crippen LogP contribution in [0.4, 0.5) is 0 Å². The number of carbonyl (C=O) groups is 1. The summed E-state index contributed by atoms with van der Waals surface area (Å²) in [6.45, 7) is 3.63. The van der Waals surface area contributed by atoms with Crippen LogP contribution in [0.3, 0.4) is 0 Å². The molecule has 0 aliphatic carbocycles. The molecule has 0 aliphatic heterocycles. The first-order chi connectivity index (χ1) is 11.0. The van der Waals surface area contributed by atoms with Crippen LogP contribution in [0.25, 0.3) is 11.2 Å². The molecule has 0 bridgehead atoms. The first-order valence-corrected chi connectivity index (χ1v) is 7.42. The van der Waals surface area contributed by atoms with Crippen molar-refractivity contribution in [1.82, 2.24) is 24.0 Å². The minimum atomic E-state index is -0.468. The Morgan fingerprint density at radius 3 is 2.74 bits per heavy atom. The predicted octanol–water partition coefficient (Wildman–Crippen LogP) is -1.02. The lowest BCUT2D eigenvalue weighted by Crippen LogP contribution is -2.38. The van der Waals surface area contributed by atoms with Crippen LogP contribution in [0.2, 0.25) is 0 Å². The van der Waals surface area contributed by atoms with Gasteiger partial charge in [0.05, 0.1) is 6.33 Å². The third kappa shape index (κ3) is 3.50. The number of ether oxygens (including phenoxy) is 1. The minimum Gasteiger partial charge on any atom is -0.382 e. The largest absolute Gasteiger partial charge is 0.382 e. The fraction of sp³-hybridized carbons (Fsp3) is 0.571. The lowest BCUT2D eigenvalue weighted by atomic mass is 10.4. The summed E-state index contributed by atoms with van der Waals surface area (Å²) in [5.41, 5.74) is -0.417. The monoisotopic (exact) mass is 323 g/mol. The van der Waals surface area contributed by atoms with E-state index in [-0.39, 0.29) is 23.6 Å². The molecular weight excluding hydrogens is 302 g/mol. The second kappa shape index (κ2) is 7.23. The molecule has 0 unspecified atom stereocenters. The first kappa shape index (κ1) is 16.9. The fourth-order valence-corrected chi connectivity index (χ4v) is 2.27. The second-order valence-electron chi connectivity index (χ2n) is 5.15. The maximum Gasteiger partial charge on any atom is 0.332 e. The van der Waals surface area contributed by atoms with Gasteiger partial charge in [-0.2, -0.15) is 0 Å². The van der Waals surface area contributed by atoms with E-state index in [1.165, 1.54) is 29.6 Å².